The molecule has 0 unspecified atom stereocenters. The number of sulfonamides is 1. The van der Waals surface area contributed by atoms with Crippen LogP contribution in [-0.4, -0.2) is 36.6 Å². The number of anilines is 1. The molecule has 1 saturated heterocycles. The number of nitro groups is 1. The maximum Gasteiger partial charge on any atom is 0.271 e. The summed E-state index contributed by atoms with van der Waals surface area (Å²) in [5.74, 6) is -0.566. The normalized spacial score (nSPS) is 14.9. The summed E-state index contributed by atoms with van der Waals surface area (Å²) in [6.07, 6.45) is 1.64. The van der Waals surface area contributed by atoms with Gasteiger partial charge in [0.15, 0.2) is 0 Å². The highest BCUT2D eigenvalue weighted by Crippen LogP contribution is 2.27. The van der Waals surface area contributed by atoms with Crippen molar-refractivity contribution in [3.63, 3.8) is 0 Å². The Balaban J connectivity index is 1.83. The summed E-state index contributed by atoms with van der Waals surface area (Å²) in [5.41, 5.74) is 0.140. The van der Waals surface area contributed by atoms with E-state index < -0.39 is 20.9 Å². The van der Waals surface area contributed by atoms with E-state index in [1.807, 2.05) is 0 Å². The zero-order valence-corrected chi connectivity index (χ0v) is 15.7. The largest absolute Gasteiger partial charge is 0.321 e. The van der Waals surface area contributed by atoms with Gasteiger partial charge in [0.25, 0.3) is 11.6 Å². The Morgan fingerprint density at radius 2 is 1.85 bits per heavy atom. The molecule has 1 N–H and O–H groups in total. The molecule has 2 aromatic rings. The summed E-state index contributed by atoms with van der Waals surface area (Å²) in [7, 11) is -3.64. The predicted molar refractivity (Wildman–Crippen MR) is 100 cm³/mol. The van der Waals surface area contributed by atoms with Gasteiger partial charge in [-0.2, -0.15) is 4.31 Å². The van der Waals surface area contributed by atoms with Crippen molar-refractivity contribution in [3.05, 3.63) is 63.2 Å². The Labute approximate surface area is 160 Å². The minimum Gasteiger partial charge on any atom is -0.321 e. The summed E-state index contributed by atoms with van der Waals surface area (Å²) < 4.78 is 26.7. The van der Waals surface area contributed by atoms with Crippen LogP contribution in [0.3, 0.4) is 0 Å². The van der Waals surface area contributed by atoms with E-state index in [2.05, 4.69) is 5.32 Å². The molecule has 0 aliphatic carbocycles. The number of rotatable bonds is 5. The van der Waals surface area contributed by atoms with E-state index in [0.717, 1.165) is 18.9 Å². The van der Waals surface area contributed by atoms with Crippen molar-refractivity contribution in [1.82, 2.24) is 4.31 Å². The van der Waals surface area contributed by atoms with Crippen molar-refractivity contribution in [3.8, 4) is 0 Å². The lowest BCUT2D eigenvalue weighted by Crippen LogP contribution is -2.28. The third kappa shape index (κ3) is 4.10. The molecule has 0 spiro atoms. The molecular formula is C17H16ClN3O5S. The van der Waals surface area contributed by atoms with Crippen LogP contribution in [0.25, 0.3) is 0 Å². The molecule has 1 aliphatic heterocycles. The smallest absolute Gasteiger partial charge is 0.271 e. The fraction of sp³-hybridized carbons (Fsp3) is 0.235. The molecule has 3 rings (SSSR count). The van der Waals surface area contributed by atoms with Gasteiger partial charge in [0.05, 0.1) is 20.5 Å². The van der Waals surface area contributed by atoms with Gasteiger partial charge < -0.3 is 5.32 Å². The van der Waals surface area contributed by atoms with E-state index in [9.17, 15) is 23.3 Å². The number of hydrogen-bond acceptors (Lipinski definition) is 5. The van der Waals surface area contributed by atoms with Gasteiger partial charge >= 0.3 is 0 Å². The molecule has 142 valence electrons. The van der Waals surface area contributed by atoms with Crippen LogP contribution in [0.2, 0.25) is 5.02 Å². The number of halogens is 1. The number of benzene rings is 2. The number of carbonyl (C=O) groups excluding carboxylic acids is 1. The minimum atomic E-state index is -3.64. The lowest BCUT2D eigenvalue weighted by molar-refractivity contribution is -0.384. The van der Waals surface area contributed by atoms with E-state index in [1.165, 1.54) is 40.7 Å². The minimum absolute atomic E-state index is 0.0124. The Hall–Kier alpha value is -2.49. The quantitative estimate of drug-likeness (QED) is 0.601. The van der Waals surface area contributed by atoms with E-state index in [0.29, 0.717) is 13.1 Å². The second kappa shape index (κ2) is 7.63. The maximum atomic E-state index is 12.6. The molecule has 1 amide bonds. The highest BCUT2D eigenvalue weighted by molar-refractivity contribution is 7.89. The molecule has 0 aromatic heterocycles. The van der Waals surface area contributed by atoms with E-state index >= 15 is 0 Å². The van der Waals surface area contributed by atoms with Crippen molar-refractivity contribution in [2.45, 2.75) is 17.7 Å². The number of amides is 1. The van der Waals surface area contributed by atoms with Gasteiger partial charge in [-0.15, -0.1) is 0 Å². The van der Waals surface area contributed by atoms with Gasteiger partial charge in [-0.05, 0) is 37.1 Å². The van der Waals surface area contributed by atoms with Crippen LogP contribution in [0.15, 0.2) is 47.4 Å². The molecule has 27 heavy (non-hydrogen) atoms. The molecule has 10 heteroatoms. The molecule has 2 aromatic carbocycles. The molecule has 8 nitrogen and oxygen atoms in total. The predicted octanol–water partition coefficient (Wildman–Crippen LogP) is 3.29. The summed E-state index contributed by atoms with van der Waals surface area (Å²) >= 11 is 5.97. The van der Waals surface area contributed by atoms with Gasteiger partial charge in [-0.3, -0.25) is 14.9 Å². The second-order valence-corrected chi connectivity index (χ2v) is 8.36. The van der Waals surface area contributed by atoms with Crippen molar-refractivity contribution >= 4 is 38.9 Å². The molecule has 0 saturated carbocycles. The Kier molecular flexibility index (Phi) is 5.45. The van der Waals surface area contributed by atoms with E-state index in [-0.39, 0.29) is 26.9 Å². The molecule has 1 heterocycles. The topological polar surface area (TPSA) is 110 Å². The summed E-state index contributed by atoms with van der Waals surface area (Å²) in [6.45, 7) is 0.939. The van der Waals surface area contributed by atoms with Crippen LogP contribution in [0.4, 0.5) is 11.4 Å². The molecule has 0 bridgehead atoms. The number of non-ortho nitro benzene ring substituents is 1. The van der Waals surface area contributed by atoms with Gasteiger partial charge in [0.2, 0.25) is 10.0 Å². The zero-order chi connectivity index (χ0) is 19.6. The summed E-state index contributed by atoms with van der Waals surface area (Å²) in [4.78, 5) is 22.7. The first-order chi connectivity index (χ1) is 12.8. The van der Waals surface area contributed by atoms with E-state index in [1.54, 1.807) is 0 Å². The number of nitro benzene ring substituents is 1. The molecule has 0 atom stereocenters. The fourth-order valence-electron chi connectivity index (χ4n) is 2.79. The Bertz CT molecular complexity index is 1000. The second-order valence-electron chi connectivity index (χ2n) is 6.01. The van der Waals surface area contributed by atoms with Crippen molar-refractivity contribution in [2.24, 2.45) is 0 Å². The summed E-state index contributed by atoms with van der Waals surface area (Å²) in [6, 6.07) is 9.41. The lowest BCUT2D eigenvalue weighted by atomic mass is 10.2. The SMILES string of the molecule is O=C(Nc1ccc([N+](=O)[O-])cc1Cl)c1cccc(S(=O)(=O)N2CCCC2)c1. The Morgan fingerprint density at radius 1 is 1.15 bits per heavy atom. The highest BCUT2D eigenvalue weighted by Gasteiger charge is 2.27. The standard InChI is InChI=1S/C17H16ClN3O5S/c18-15-11-13(21(23)24)6-7-16(15)19-17(22)12-4-3-5-14(10-12)27(25,26)20-8-1-2-9-20/h3-7,10-11H,1-2,8-9H2,(H,19,22). The highest BCUT2D eigenvalue weighted by atomic mass is 35.5. The van der Waals surface area contributed by atoms with Crippen molar-refractivity contribution in [1.29, 1.82) is 0 Å². The van der Waals surface area contributed by atoms with Crippen molar-refractivity contribution in [2.75, 3.05) is 18.4 Å². The van der Waals surface area contributed by atoms with Crippen LogP contribution in [0, 0.1) is 10.1 Å². The van der Waals surface area contributed by atoms with Gasteiger partial charge in [0.1, 0.15) is 0 Å². The van der Waals surface area contributed by atoms with E-state index in [4.69, 9.17) is 11.6 Å². The molecule has 0 radical (unpaired) electrons. The number of hydrogen-bond donors (Lipinski definition) is 1. The number of carbonyl (C=O) groups is 1. The maximum absolute atomic E-state index is 12.6. The van der Waals surface area contributed by atoms with Gasteiger partial charge in [-0.25, -0.2) is 8.42 Å². The van der Waals surface area contributed by atoms with Gasteiger partial charge in [0, 0.05) is 30.8 Å². The third-order valence-electron chi connectivity index (χ3n) is 4.21. The van der Waals surface area contributed by atoms with Crippen LogP contribution >= 0.6 is 11.6 Å². The van der Waals surface area contributed by atoms with Crippen LogP contribution in [-0.2, 0) is 10.0 Å². The Morgan fingerprint density at radius 3 is 2.48 bits per heavy atom. The fourth-order valence-corrected chi connectivity index (χ4v) is 4.57. The molecular weight excluding hydrogens is 394 g/mol. The zero-order valence-electron chi connectivity index (χ0n) is 14.1. The lowest BCUT2D eigenvalue weighted by Gasteiger charge is -2.16. The van der Waals surface area contributed by atoms with Crippen LogP contribution in [0.5, 0.6) is 0 Å². The average Bonchev–Trinajstić information content (AvgIpc) is 3.19. The van der Waals surface area contributed by atoms with Crippen LogP contribution in [0.1, 0.15) is 23.2 Å². The summed E-state index contributed by atoms with van der Waals surface area (Å²) in [5, 5.41) is 13.3. The molecule has 1 fully saturated rings. The monoisotopic (exact) mass is 409 g/mol. The average molecular weight is 410 g/mol. The first kappa shape index (κ1) is 19.3. The van der Waals surface area contributed by atoms with Gasteiger partial charge in [-0.1, -0.05) is 17.7 Å². The third-order valence-corrected chi connectivity index (χ3v) is 6.42. The molecule has 1 aliphatic rings. The van der Waals surface area contributed by atoms with Crippen LogP contribution < -0.4 is 5.32 Å². The first-order valence-electron chi connectivity index (χ1n) is 8.14. The number of nitrogens with zero attached hydrogens (tertiary/aromatic N) is 2. The number of nitrogens with one attached hydrogen (secondary N) is 1. The van der Waals surface area contributed by atoms with Crippen molar-refractivity contribution < 1.29 is 18.1 Å². The first-order valence-corrected chi connectivity index (χ1v) is 9.96.